The van der Waals surface area contributed by atoms with Crippen molar-refractivity contribution in [3.8, 4) is 0 Å². The highest BCUT2D eigenvalue weighted by molar-refractivity contribution is 6.64. The Kier molecular flexibility index (Phi) is 7.24. The Bertz CT molecular complexity index is 166. The predicted octanol–water partition coefficient (Wildman–Crippen LogP) is -1.03. The Morgan fingerprint density at radius 1 is 1.62 bits per heavy atom. The molecule has 0 amide bonds. The molecule has 0 saturated heterocycles. The Hall–Kier alpha value is -0.875. The molecule has 0 bridgehead atoms. The van der Waals surface area contributed by atoms with Crippen LogP contribution >= 0.6 is 0 Å². The predicted molar refractivity (Wildman–Crippen MR) is 50.0 cm³/mol. The number of nitrogens with two attached hydrogens (primary N) is 1. The standard InChI is InChI=1S/C7H14BN2O3/c9-6(7(12)13)3-1-2-4-10-8-5-11/h5-6,10H,1-4,9H2,(H,12,13). The Morgan fingerprint density at radius 3 is 2.85 bits per heavy atom. The second-order valence-electron chi connectivity index (χ2n) is 2.70. The summed E-state index contributed by atoms with van der Waals surface area (Å²) in [5.74, 6) is -0.965. The van der Waals surface area contributed by atoms with Crippen molar-refractivity contribution in [1.82, 2.24) is 5.23 Å². The van der Waals surface area contributed by atoms with Gasteiger partial charge >= 0.3 is 5.97 Å². The Morgan fingerprint density at radius 2 is 2.31 bits per heavy atom. The van der Waals surface area contributed by atoms with Crippen molar-refractivity contribution in [2.75, 3.05) is 6.54 Å². The lowest BCUT2D eigenvalue weighted by Gasteiger charge is -2.05. The second-order valence-corrected chi connectivity index (χ2v) is 2.70. The first kappa shape index (κ1) is 12.1. The minimum atomic E-state index is -0.965. The van der Waals surface area contributed by atoms with Gasteiger partial charge in [-0.2, -0.15) is 0 Å². The molecule has 0 aromatic carbocycles. The van der Waals surface area contributed by atoms with Crippen molar-refractivity contribution in [2.45, 2.75) is 25.3 Å². The molecule has 73 valence electrons. The number of carbonyl (C=O) groups excluding carboxylic acids is 1. The van der Waals surface area contributed by atoms with Gasteiger partial charge in [-0.1, -0.05) is 6.42 Å². The molecule has 0 spiro atoms. The third-order valence-electron chi connectivity index (χ3n) is 1.59. The van der Waals surface area contributed by atoms with Crippen molar-refractivity contribution in [1.29, 1.82) is 0 Å². The summed E-state index contributed by atoms with van der Waals surface area (Å²) >= 11 is 0. The molecule has 4 N–H and O–H groups in total. The number of rotatable bonds is 8. The van der Waals surface area contributed by atoms with E-state index >= 15 is 0 Å². The molecule has 13 heavy (non-hydrogen) atoms. The van der Waals surface area contributed by atoms with Crippen LogP contribution in [0.2, 0.25) is 0 Å². The van der Waals surface area contributed by atoms with Gasteiger partial charge in [0.1, 0.15) is 6.04 Å². The summed E-state index contributed by atoms with van der Waals surface area (Å²) in [6, 6.07) is -0.768. The number of hydrogen-bond acceptors (Lipinski definition) is 4. The van der Waals surface area contributed by atoms with Gasteiger partial charge in [0.15, 0.2) is 0 Å². The van der Waals surface area contributed by atoms with E-state index < -0.39 is 12.0 Å². The summed E-state index contributed by atoms with van der Waals surface area (Å²) in [5, 5.41) is 11.2. The number of unbranched alkanes of at least 4 members (excludes halogenated alkanes) is 1. The van der Waals surface area contributed by atoms with Crippen LogP contribution in [-0.2, 0) is 9.59 Å². The van der Waals surface area contributed by atoms with Crippen LogP contribution in [0.3, 0.4) is 0 Å². The Labute approximate surface area is 77.9 Å². The van der Waals surface area contributed by atoms with Gasteiger partial charge in [-0.25, -0.2) is 0 Å². The lowest BCUT2D eigenvalue weighted by atomic mass is 9.98. The van der Waals surface area contributed by atoms with Crippen LogP contribution < -0.4 is 11.0 Å². The molecule has 0 aromatic rings. The van der Waals surface area contributed by atoms with Gasteiger partial charge in [0.25, 0.3) is 7.41 Å². The number of carboxylic acid groups (broad SMARTS) is 1. The van der Waals surface area contributed by atoms with Gasteiger partial charge in [0.05, 0.1) is 6.19 Å². The molecule has 1 unspecified atom stereocenters. The molecule has 0 rings (SSSR count). The van der Waals surface area contributed by atoms with Crippen molar-refractivity contribution >= 4 is 19.6 Å². The summed E-state index contributed by atoms with van der Waals surface area (Å²) in [6.07, 6.45) is 2.69. The summed E-state index contributed by atoms with van der Waals surface area (Å²) in [7, 11) is 1.32. The highest BCUT2D eigenvalue weighted by Gasteiger charge is 2.09. The first-order valence-corrected chi connectivity index (χ1v) is 4.17. The monoisotopic (exact) mass is 185 g/mol. The average molecular weight is 185 g/mol. The van der Waals surface area contributed by atoms with Crippen LogP contribution in [0.15, 0.2) is 0 Å². The third-order valence-corrected chi connectivity index (χ3v) is 1.59. The normalized spacial score (nSPS) is 12.1. The molecule has 0 aliphatic rings. The molecule has 6 heteroatoms. The smallest absolute Gasteiger partial charge is 0.320 e. The topological polar surface area (TPSA) is 92.4 Å². The van der Waals surface area contributed by atoms with Gasteiger partial charge in [0.2, 0.25) is 0 Å². The quantitative estimate of drug-likeness (QED) is 0.255. The molecule has 0 fully saturated rings. The van der Waals surface area contributed by atoms with Gasteiger partial charge in [-0.05, 0) is 19.4 Å². The molecular formula is C7H14BN2O3. The molecule has 5 nitrogen and oxygen atoms in total. The molecule has 0 aliphatic heterocycles. The van der Waals surface area contributed by atoms with E-state index in [4.69, 9.17) is 10.8 Å². The molecular weight excluding hydrogens is 171 g/mol. The van der Waals surface area contributed by atoms with Gasteiger partial charge in [0, 0.05) is 0 Å². The minimum absolute atomic E-state index is 0.470. The van der Waals surface area contributed by atoms with Crippen molar-refractivity contribution in [2.24, 2.45) is 5.73 Å². The van der Waals surface area contributed by atoms with E-state index in [1.165, 1.54) is 7.41 Å². The van der Waals surface area contributed by atoms with Crippen LogP contribution in [0, 0.1) is 0 Å². The summed E-state index contributed by atoms with van der Waals surface area (Å²) in [4.78, 5) is 20.1. The van der Waals surface area contributed by atoms with Crippen LogP contribution in [0.5, 0.6) is 0 Å². The van der Waals surface area contributed by atoms with E-state index in [1.54, 1.807) is 0 Å². The number of carboxylic acids is 1. The molecule has 1 atom stereocenters. The lowest BCUT2D eigenvalue weighted by Crippen LogP contribution is -2.30. The van der Waals surface area contributed by atoms with Crippen LogP contribution in [0.25, 0.3) is 0 Å². The average Bonchev–Trinajstić information content (AvgIpc) is 2.10. The first-order chi connectivity index (χ1) is 6.18. The fourth-order valence-corrected chi connectivity index (χ4v) is 0.846. The van der Waals surface area contributed by atoms with Crippen molar-refractivity contribution < 1.29 is 14.7 Å². The lowest BCUT2D eigenvalue weighted by molar-refractivity contribution is -0.138. The number of nitrogens with one attached hydrogen (secondary N) is 1. The van der Waals surface area contributed by atoms with E-state index in [9.17, 15) is 9.59 Å². The molecule has 1 radical (unpaired) electrons. The zero-order chi connectivity index (χ0) is 10.1. The van der Waals surface area contributed by atoms with E-state index in [-0.39, 0.29) is 0 Å². The maximum absolute atomic E-state index is 10.3. The van der Waals surface area contributed by atoms with Crippen LogP contribution in [0.1, 0.15) is 19.3 Å². The summed E-state index contributed by atoms with van der Waals surface area (Å²) in [6.45, 7) is 0.672. The zero-order valence-corrected chi connectivity index (χ0v) is 7.40. The van der Waals surface area contributed by atoms with Crippen molar-refractivity contribution in [3.05, 3.63) is 0 Å². The molecule has 0 heterocycles. The number of hydrogen-bond donors (Lipinski definition) is 3. The van der Waals surface area contributed by atoms with E-state index in [0.29, 0.717) is 19.2 Å². The fraction of sp³-hybridized carbons (Fsp3) is 0.714. The SMILES string of the molecule is NC(CCCCN[B]C=O)C(=O)O. The molecule has 0 aliphatic carbocycles. The minimum Gasteiger partial charge on any atom is -0.480 e. The fourth-order valence-electron chi connectivity index (χ4n) is 0.846. The maximum Gasteiger partial charge on any atom is 0.320 e. The van der Waals surface area contributed by atoms with Gasteiger partial charge in [-0.3, -0.25) is 4.79 Å². The summed E-state index contributed by atoms with van der Waals surface area (Å²) < 4.78 is 0. The largest absolute Gasteiger partial charge is 0.480 e. The zero-order valence-electron chi connectivity index (χ0n) is 7.40. The number of carbonyl (C=O) groups is 2. The third kappa shape index (κ3) is 7.48. The molecule has 0 aromatic heterocycles. The van der Waals surface area contributed by atoms with Crippen molar-refractivity contribution in [3.63, 3.8) is 0 Å². The second kappa shape index (κ2) is 7.76. The maximum atomic E-state index is 10.3. The van der Waals surface area contributed by atoms with Crippen LogP contribution in [-0.4, -0.2) is 37.3 Å². The van der Waals surface area contributed by atoms with E-state index in [2.05, 4.69) is 5.23 Å². The summed E-state index contributed by atoms with van der Waals surface area (Å²) in [5.41, 5.74) is 5.27. The van der Waals surface area contributed by atoms with Gasteiger partial charge < -0.3 is 20.9 Å². The van der Waals surface area contributed by atoms with E-state index in [0.717, 1.165) is 12.8 Å². The van der Waals surface area contributed by atoms with Crippen LogP contribution in [0.4, 0.5) is 0 Å². The van der Waals surface area contributed by atoms with Gasteiger partial charge in [-0.15, -0.1) is 0 Å². The molecule has 0 saturated carbocycles. The number of aliphatic carboxylic acids is 1. The highest BCUT2D eigenvalue weighted by Crippen LogP contribution is 1.97. The highest BCUT2D eigenvalue weighted by atomic mass is 16.4. The first-order valence-electron chi connectivity index (χ1n) is 4.17. The van der Waals surface area contributed by atoms with E-state index in [1.807, 2.05) is 0 Å². The Balaban J connectivity index is 3.15.